The lowest BCUT2D eigenvalue weighted by Crippen LogP contribution is -2.55. The third-order valence-corrected chi connectivity index (χ3v) is 4.42. The Labute approximate surface area is 144 Å². The minimum Gasteiger partial charge on any atom is -0.368 e. The average molecular weight is 331 g/mol. The van der Waals surface area contributed by atoms with Crippen molar-refractivity contribution in [3.8, 4) is 0 Å². The number of hydrogen-bond donors (Lipinski definition) is 1. The molecule has 2 atom stereocenters. The molecule has 6 nitrogen and oxygen atoms in total. The lowest BCUT2D eigenvalue weighted by atomic mass is 9.90. The largest absolute Gasteiger partial charge is 0.368 e. The zero-order valence-corrected chi connectivity index (χ0v) is 15.0. The number of carbonyl (C=O) groups is 2. The molecule has 24 heavy (non-hydrogen) atoms. The fraction of sp³-hybridized carbons (Fsp3) is 0.611. The Morgan fingerprint density at radius 2 is 2.17 bits per heavy atom. The lowest BCUT2D eigenvalue weighted by molar-refractivity contribution is -0.135. The van der Waals surface area contributed by atoms with Crippen molar-refractivity contribution in [3.63, 3.8) is 0 Å². The smallest absolute Gasteiger partial charge is 0.240 e. The first kappa shape index (κ1) is 18.2. The van der Waals surface area contributed by atoms with Gasteiger partial charge in [0.2, 0.25) is 11.8 Å². The van der Waals surface area contributed by atoms with Gasteiger partial charge in [-0.05, 0) is 30.4 Å². The number of rotatable bonds is 4. The first-order valence-corrected chi connectivity index (χ1v) is 8.33. The van der Waals surface area contributed by atoms with E-state index in [0.717, 1.165) is 12.2 Å². The Morgan fingerprint density at radius 1 is 1.46 bits per heavy atom. The molecule has 2 rings (SSSR count). The van der Waals surface area contributed by atoms with Gasteiger partial charge in [0.1, 0.15) is 11.9 Å². The molecule has 2 unspecified atom stereocenters. The van der Waals surface area contributed by atoms with Crippen LogP contribution in [0.3, 0.4) is 0 Å². The molecular weight excluding hydrogens is 304 g/mol. The Morgan fingerprint density at radius 3 is 2.71 bits per heavy atom. The second-order valence-electron chi connectivity index (χ2n) is 7.65. The number of carbonyl (C=O) groups excluding carboxylic acids is 2. The van der Waals surface area contributed by atoms with E-state index in [-0.39, 0.29) is 23.3 Å². The molecule has 0 aromatic carbocycles. The normalized spacial score (nSPS) is 21.4. The number of nitrogens with two attached hydrogens (primary N) is 1. The molecule has 1 aliphatic heterocycles. The van der Waals surface area contributed by atoms with E-state index in [9.17, 15) is 9.59 Å². The molecule has 0 aliphatic carbocycles. The van der Waals surface area contributed by atoms with E-state index in [1.54, 1.807) is 17.2 Å². The summed E-state index contributed by atoms with van der Waals surface area (Å²) in [5, 5.41) is 0. The molecule has 2 amide bonds. The fourth-order valence-corrected chi connectivity index (χ4v) is 3.11. The average Bonchev–Trinajstić information content (AvgIpc) is 2.52. The van der Waals surface area contributed by atoms with Crippen LogP contribution in [0, 0.1) is 11.5 Å². The summed E-state index contributed by atoms with van der Waals surface area (Å²) in [5.74, 6) is 0.447. The van der Waals surface area contributed by atoms with Crippen molar-refractivity contribution in [2.24, 2.45) is 11.1 Å². The maximum atomic E-state index is 12.5. The van der Waals surface area contributed by atoms with Gasteiger partial charge in [-0.25, -0.2) is 4.98 Å². The van der Waals surface area contributed by atoms with Gasteiger partial charge in [-0.15, -0.1) is 0 Å². The van der Waals surface area contributed by atoms with Gasteiger partial charge in [-0.3, -0.25) is 9.59 Å². The third-order valence-electron chi connectivity index (χ3n) is 4.42. The number of anilines is 1. The molecule has 2 heterocycles. The zero-order valence-electron chi connectivity index (χ0n) is 15.0. The molecule has 6 heteroatoms. The summed E-state index contributed by atoms with van der Waals surface area (Å²) in [4.78, 5) is 32.4. The number of hydrogen-bond acceptors (Lipinski definition) is 4. The lowest BCUT2D eigenvalue weighted by Gasteiger charge is -2.42. The monoisotopic (exact) mass is 331 g/mol. The number of aromatic nitrogens is 1. The van der Waals surface area contributed by atoms with Crippen molar-refractivity contribution in [2.75, 3.05) is 18.5 Å². The Bertz CT molecular complexity index is 582. The molecule has 1 fully saturated rings. The van der Waals surface area contributed by atoms with Crippen molar-refractivity contribution >= 4 is 17.6 Å². The topological polar surface area (TPSA) is 79.5 Å². The van der Waals surface area contributed by atoms with Gasteiger partial charge in [0, 0.05) is 38.3 Å². The number of nitrogens with zero attached hydrogens (tertiary/aromatic N) is 3. The van der Waals surface area contributed by atoms with Crippen LogP contribution in [-0.2, 0) is 9.59 Å². The summed E-state index contributed by atoms with van der Waals surface area (Å²) in [5.41, 5.74) is 5.56. The van der Waals surface area contributed by atoms with Crippen LogP contribution in [0.15, 0.2) is 18.3 Å². The molecule has 1 saturated heterocycles. The molecule has 0 spiro atoms. The number of piperidine rings is 1. The molecule has 1 aromatic heterocycles. The van der Waals surface area contributed by atoms with E-state index in [0.29, 0.717) is 19.4 Å². The van der Waals surface area contributed by atoms with Crippen LogP contribution >= 0.6 is 0 Å². The van der Waals surface area contributed by atoms with Crippen molar-refractivity contribution in [2.45, 2.75) is 52.1 Å². The summed E-state index contributed by atoms with van der Waals surface area (Å²) < 4.78 is 0. The summed E-state index contributed by atoms with van der Waals surface area (Å²) >= 11 is 0. The third kappa shape index (κ3) is 4.46. The maximum absolute atomic E-state index is 12.5. The number of pyridine rings is 1. The van der Waals surface area contributed by atoms with Crippen LogP contribution in [0.5, 0.6) is 0 Å². The molecule has 2 N–H and O–H groups in total. The Balaban J connectivity index is 2.10. The van der Waals surface area contributed by atoms with Crippen molar-refractivity contribution < 1.29 is 9.59 Å². The Kier molecular flexibility index (Phi) is 5.47. The second-order valence-corrected chi connectivity index (χ2v) is 7.65. The van der Waals surface area contributed by atoms with Gasteiger partial charge in [0.25, 0.3) is 0 Å². The summed E-state index contributed by atoms with van der Waals surface area (Å²) in [7, 11) is 1.82. The van der Waals surface area contributed by atoms with Gasteiger partial charge < -0.3 is 15.5 Å². The number of primary amides is 1. The first-order valence-electron chi connectivity index (χ1n) is 8.33. The van der Waals surface area contributed by atoms with E-state index in [2.05, 4.69) is 11.1 Å². The molecular formula is C18H27N4O2. The van der Waals surface area contributed by atoms with Crippen LogP contribution in [-0.4, -0.2) is 47.4 Å². The van der Waals surface area contributed by atoms with E-state index in [1.165, 1.54) is 0 Å². The predicted octanol–water partition coefficient (Wildman–Crippen LogP) is 1.60. The highest BCUT2D eigenvalue weighted by atomic mass is 16.2. The molecule has 0 bridgehead atoms. The fourth-order valence-electron chi connectivity index (χ4n) is 3.11. The molecule has 1 aliphatic rings. The zero-order chi connectivity index (χ0) is 17.9. The van der Waals surface area contributed by atoms with Crippen LogP contribution in [0.2, 0.25) is 0 Å². The minimum atomic E-state index is -0.455. The van der Waals surface area contributed by atoms with E-state index in [4.69, 9.17) is 5.73 Å². The standard InChI is InChI=1S/C18H27N4O2/c1-18(2,3)12-16(23)21(4)13-8-10-22(14(11-13)17(19)24)15-7-5-6-9-20-15/h5,7,9,13-14H,8,10-12H2,1-4H3,(H2,19,24). The van der Waals surface area contributed by atoms with E-state index < -0.39 is 6.04 Å². The summed E-state index contributed by atoms with van der Waals surface area (Å²) in [6.45, 7) is 6.78. The van der Waals surface area contributed by atoms with Crippen LogP contribution < -0.4 is 10.6 Å². The minimum absolute atomic E-state index is 0.0175. The Hall–Kier alpha value is -2.11. The highest BCUT2D eigenvalue weighted by Crippen LogP contribution is 2.27. The highest BCUT2D eigenvalue weighted by Gasteiger charge is 2.36. The molecule has 131 valence electrons. The van der Waals surface area contributed by atoms with E-state index >= 15 is 0 Å². The molecule has 0 saturated carbocycles. The van der Waals surface area contributed by atoms with Crippen LogP contribution in [0.1, 0.15) is 40.0 Å². The van der Waals surface area contributed by atoms with Gasteiger partial charge >= 0.3 is 0 Å². The van der Waals surface area contributed by atoms with Crippen LogP contribution in [0.25, 0.3) is 0 Å². The van der Waals surface area contributed by atoms with Crippen molar-refractivity contribution in [1.29, 1.82) is 0 Å². The maximum Gasteiger partial charge on any atom is 0.240 e. The molecule has 1 aromatic rings. The SMILES string of the molecule is CN(C(=O)CC(C)(C)C)C1CCN(c2cc[c]cn2)C(C(N)=O)C1. The van der Waals surface area contributed by atoms with Crippen molar-refractivity contribution in [3.05, 3.63) is 24.4 Å². The van der Waals surface area contributed by atoms with Gasteiger partial charge in [0.15, 0.2) is 0 Å². The van der Waals surface area contributed by atoms with Gasteiger partial charge in [-0.1, -0.05) is 20.8 Å². The van der Waals surface area contributed by atoms with Gasteiger partial charge in [0.05, 0.1) is 0 Å². The van der Waals surface area contributed by atoms with E-state index in [1.807, 2.05) is 38.8 Å². The van der Waals surface area contributed by atoms with Crippen LogP contribution in [0.4, 0.5) is 5.82 Å². The predicted molar refractivity (Wildman–Crippen MR) is 93.3 cm³/mol. The first-order chi connectivity index (χ1) is 11.2. The van der Waals surface area contributed by atoms with Gasteiger partial charge in [-0.2, -0.15) is 0 Å². The van der Waals surface area contributed by atoms with Crippen molar-refractivity contribution in [1.82, 2.24) is 9.88 Å². The second kappa shape index (κ2) is 7.20. The quantitative estimate of drug-likeness (QED) is 0.909. The highest BCUT2D eigenvalue weighted by molar-refractivity contribution is 5.84. The molecule has 1 radical (unpaired) electrons. The summed E-state index contributed by atoms with van der Waals surface area (Å²) in [6.07, 6.45) is 3.39. The number of amides is 2. The summed E-state index contributed by atoms with van der Waals surface area (Å²) in [6, 6.07) is 6.03.